The SMILES string of the molecule is COc1ccc(-c2c(C)nn3c(N4CCC(C(=O)N5CCCC5)CC4)cc(C)nc23)cc1OC. The summed E-state index contributed by atoms with van der Waals surface area (Å²) in [5.41, 5.74) is 4.66. The van der Waals surface area contributed by atoms with Crippen molar-refractivity contribution in [3.8, 4) is 22.6 Å². The number of carbonyl (C=O) groups is 1. The van der Waals surface area contributed by atoms with E-state index in [1.54, 1.807) is 14.2 Å². The third kappa shape index (κ3) is 3.95. The summed E-state index contributed by atoms with van der Waals surface area (Å²) in [5, 5.41) is 4.89. The molecule has 0 saturated carbocycles. The Kier molecular flexibility index (Phi) is 6.06. The van der Waals surface area contributed by atoms with E-state index in [1.807, 2.05) is 36.6 Å². The van der Waals surface area contributed by atoms with Crippen LogP contribution >= 0.6 is 0 Å². The molecular formula is C26H33N5O3. The predicted molar refractivity (Wildman–Crippen MR) is 132 cm³/mol. The van der Waals surface area contributed by atoms with Gasteiger partial charge in [-0.05, 0) is 57.2 Å². The fraction of sp³-hybridized carbons (Fsp3) is 0.500. The van der Waals surface area contributed by atoms with Gasteiger partial charge >= 0.3 is 0 Å². The second-order valence-electron chi connectivity index (χ2n) is 9.32. The van der Waals surface area contributed by atoms with Gasteiger partial charge in [-0.1, -0.05) is 6.07 Å². The number of hydrogen-bond donors (Lipinski definition) is 0. The van der Waals surface area contributed by atoms with Crippen LogP contribution in [0.2, 0.25) is 0 Å². The second-order valence-corrected chi connectivity index (χ2v) is 9.32. The topological polar surface area (TPSA) is 72.2 Å². The summed E-state index contributed by atoms with van der Waals surface area (Å²) in [6, 6.07) is 8.00. The summed E-state index contributed by atoms with van der Waals surface area (Å²) in [4.78, 5) is 22.1. The number of hydrogen-bond acceptors (Lipinski definition) is 6. The minimum absolute atomic E-state index is 0.134. The van der Waals surface area contributed by atoms with Crippen molar-refractivity contribution >= 4 is 17.4 Å². The Morgan fingerprint density at radius 1 is 0.971 bits per heavy atom. The number of benzene rings is 1. The van der Waals surface area contributed by atoms with Gasteiger partial charge in [0.1, 0.15) is 5.82 Å². The summed E-state index contributed by atoms with van der Waals surface area (Å²) in [6.07, 6.45) is 4.03. The molecule has 34 heavy (non-hydrogen) atoms. The molecule has 2 aromatic heterocycles. The van der Waals surface area contributed by atoms with E-state index in [-0.39, 0.29) is 5.92 Å². The van der Waals surface area contributed by atoms with Crippen LogP contribution in [-0.2, 0) is 4.79 Å². The van der Waals surface area contributed by atoms with Crippen molar-refractivity contribution in [2.75, 3.05) is 45.3 Å². The number of methoxy groups -OCH3 is 2. The number of fused-ring (bicyclic) bond motifs is 1. The molecule has 0 radical (unpaired) electrons. The van der Waals surface area contributed by atoms with Crippen molar-refractivity contribution in [2.24, 2.45) is 5.92 Å². The Balaban J connectivity index is 1.46. The average Bonchev–Trinajstić information content (AvgIpc) is 3.50. The lowest BCUT2D eigenvalue weighted by atomic mass is 9.95. The van der Waals surface area contributed by atoms with Gasteiger partial charge in [0.15, 0.2) is 17.1 Å². The molecule has 1 aromatic carbocycles. The molecule has 0 unspecified atom stereocenters. The molecule has 2 aliphatic heterocycles. The maximum absolute atomic E-state index is 12.9. The molecular weight excluding hydrogens is 430 g/mol. The number of piperidine rings is 1. The number of aryl methyl sites for hydroxylation is 2. The molecule has 0 spiro atoms. The first-order valence-corrected chi connectivity index (χ1v) is 12.1. The largest absolute Gasteiger partial charge is 0.493 e. The summed E-state index contributed by atoms with van der Waals surface area (Å²) in [5.74, 6) is 2.88. The van der Waals surface area contributed by atoms with Gasteiger partial charge in [-0.15, -0.1) is 0 Å². The highest BCUT2D eigenvalue weighted by Gasteiger charge is 2.31. The van der Waals surface area contributed by atoms with Crippen LogP contribution in [-0.4, -0.2) is 65.8 Å². The second kappa shape index (κ2) is 9.16. The molecule has 3 aromatic rings. The molecule has 0 N–H and O–H groups in total. The smallest absolute Gasteiger partial charge is 0.225 e. The van der Waals surface area contributed by atoms with Crippen LogP contribution in [0.25, 0.3) is 16.8 Å². The van der Waals surface area contributed by atoms with Crippen molar-refractivity contribution in [1.82, 2.24) is 19.5 Å². The molecule has 8 nitrogen and oxygen atoms in total. The number of anilines is 1. The lowest BCUT2D eigenvalue weighted by Gasteiger charge is -2.34. The standard InChI is InChI=1S/C26H33N5O3/c1-17-15-23(29-13-9-19(10-14-29)26(32)30-11-5-6-12-30)31-25(27-17)24(18(2)28-31)20-7-8-21(33-3)22(16-20)34-4/h7-8,15-16,19H,5-6,9-14H2,1-4H3. The third-order valence-corrected chi connectivity index (χ3v) is 7.13. The van der Waals surface area contributed by atoms with Crippen LogP contribution < -0.4 is 14.4 Å². The van der Waals surface area contributed by atoms with E-state index in [4.69, 9.17) is 19.6 Å². The Bertz CT molecular complexity index is 1210. The highest BCUT2D eigenvalue weighted by atomic mass is 16.5. The lowest BCUT2D eigenvalue weighted by Crippen LogP contribution is -2.42. The van der Waals surface area contributed by atoms with Crippen molar-refractivity contribution in [3.63, 3.8) is 0 Å². The van der Waals surface area contributed by atoms with Crippen molar-refractivity contribution in [3.05, 3.63) is 35.7 Å². The molecule has 2 fully saturated rings. The monoisotopic (exact) mass is 463 g/mol. The van der Waals surface area contributed by atoms with E-state index >= 15 is 0 Å². The Morgan fingerprint density at radius 2 is 1.68 bits per heavy atom. The first-order chi connectivity index (χ1) is 16.5. The molecule has 5 rings (SSSR count). The number of ether oxygens (including phenoxy) is 2. The van der Waals surface area contributed by atoms with E-state index in [1.165, 1.54) is 0 Å². The molecule has 2 aliphatic rings. The van der Waals surface area contributed by atoms with Gasteiger partial charge in [0.25, 0.3) is 0 Å². The van der Waals surface area contributed by atoms with Gasteiger partial charge in [-0.3, -0.25) is 4.79 Å². The average molecular weight is 464 g/mol. The molecule has 0 atom stereocenters. The van der Waals surface area contributed by atoms with E-state index in [9.17, 15) is 4.79 Å². The number of carbonyl (C=O) groups excluding carboxylic acids is 1. The molecule has 0 aliphatic carbocycles. The van der Waals surface area contributed by atoms with Crippen LogP contribution in [0.3, 0.4) is 0 Å². The first-order valence-electron chi connectivity index (χ1n) is 12.1. The molecule has 0 bridgehead atoms. The molecule has 2 saturated heterocycles. The van der Waals surface area contributed by atoms with Crippen LogP contribution in [0.4, 0.5) is 5.82 Å². The maximum Gasteiger partial charge on any atom is 0.225 e. The number of rotatable bonds is 5. The van der Waals surface area contributed by atoms with E-state index < -0.39 is 0 Å². The van der Waals surface area contributed by atoms with Crippen LogP contribution in [0.1, 0.15) is 37.1 Å². The first kappa shape index (κ1) is 22.5. The predicted octanol–water partition coefficient (Wildman–Crippen LogP) is 3.87. The zero-order chi connectivity index (χ0) is 23.8. The number of nitrogens with zero attached hydrogens (tertiary/aromatic N) is 5. The van der Waals surface area contributed by atoms with Crippen molar-refractivity contribution < 1.29 is 14.3 Å². The Labute approximate surface area is 200 Å². The Hall–Kier alpha value is -3.29. The minimum Gasteiger partial charge on any atom is -0.493 e. The highest BCUT2D eigenvalue weighted by molar-refractivity contribution is 5.82. The Morgan fingerprint density at radius 3 is 2.35 bits per heavy atom. The highest BCUT2D eigenvalue weighted by Crippen LogP contribution is 2.36. The van der Waals surface area contributed by atoms with Gasteiger partial charge in [0, 0.05) is 49.4 Å². The van der Waals surface area contributed by atoms with Gasteiger partial charge in [0.05, 0.1) is 19.9 Å². The number of amides is 1. The van der Waals surface area contributed by atoms with E-state index in [0.717, 1.165) is 85.8 Å². The lowest BCUT2D eigenvalue weighted by molar-refractivity contribution is -0.135. The minimum atomic E-state index is 0.134. The molecule has 180 valence electrons. The quantitative estimate of drug-likeness (QED) is 0.572. The molecule has 8 heteroatoms. The molecule has 1 amide bonds. The normalized spacial score (nSPS) is 16.9. The number of likely N-dealkylation sites (tertiary alicyclic amines) is 1. The third-order valence-electron chi connectivity index (χ3n) is 7.13. The maximum atomic E-state index is 12.9. The van der Waals surface area contributed by atoms with E-state index in [0.29, 0.717) is 17.4 Å². The fourth-order valence-corrected chi connectivity index (χ4v) is 5.33. The van der Waals surface area contributed by atoms with Crippen molar-refractivity contribution in [1.29, 1.82) is 0 Å². The summed E-state index contributed by atoms with van der Waals surface area (Å²) in [7, 11) is 3.28. The van der Waals surface area contributed by atoms with Crippen molar-refractivity contribution in [2.45, 2.75) is 39.5 Å². The van der Waals surface area contributed by atoms with Gasteiger partial charge < -0.3 is 19.3 Å². The number of aromatic nitrogens is 3. The molecule has 4 heterocycles. The zero-order valence-electron chi connectivity index (χ0n) is 20.5. The summed E-state index contributed by atoms with van der Waals surface area (Å²) >= 11 is 0. The van der Waals surface area contributed by atoms with Gasteiger partial charge in [-0.25, -0.2) is 4.98 Å². The van der Waals surface area contributed by atoms with E-state index in [2.05, 4.69) is 15.9 Å². The van der Waals surface area contributed by atoms with Gasteiger partial charge in [0.2, 0.25) is 5.91 Å². The zero-order valence-corrected chi connectivity index (χ0v) is 20.5. The van der Waals surface area contributed by atoms with Crippen LogP contribution in [0.15, 0.2) is 24.3 Å². The van der Waals surface area contributed by atoms with Crippen LogP contribution in [0, 0.1) is 19.8 Å². The summed E-state index contributed by atoms with van der Waals surface area (Å²) < 4.78 is 12.9. The fourth-order valence-electron chi connectivity index (χ4n) is 5.33. The van der Waals surface area contributed by atoms with Crippen LogP contribution in [0.5, 0.6) is 11.5 Å². The summed E-state index contributed by atoms with van der Waals surface area (Å²) in [6.45, 7) is 7.57. The van der Waals surface area contributed by atoms with Gasteiger partial charge in [-0.2, -0.15) is 9.61 Å².